The normalized spacial score (nSPS) is 17.3. The molecule has 0 fully saturated rings. The zero-order chi connectivity index (χ0) is 34.2. The molecule has 0 heterocycles. The number of para-hydroxylation sites is 2. The molecule has 0 aliphatic heterocycles. The lowest BCUT2D eigenvalue weighted by Gasteiger charge is -2.49. The highest BCUT2D eigenvalue weighted by Crippen LogP contribution is 2.37. The Morgan fingerprint density at radius 2 is 1.27 bits per heavy atom. The van der Waals surface area contributed by atoms with Gasteiger partial charge in [-0.25, -0.2) is 0 Å². The summed E-state index contributed by atoms with van der Waals surface area (Å²) >= 11 is 0. The van der Waals surface area contributed by atoms with Gasteiger partial charge in [0.25, 0.3) is 0 Å². The zero-order valence-electron chi connectivity index (χ0n) is 25.5. The number of nitrogens with one attached hydrogen (secondary N) is 2. The van der Waals surface area contributed by atoms with Crippen LogP contribution in [-0.2, 0) is 22.3 Å². The zero-order valence-corrected chi connectivity index (χ0v) is 27.3. The molecule has 0 bridgehead atoms. The lowest BCUT2D eigenvalue weighted by molar-refractivity contribution is -1.03. The summed E-state index contributed by atoms with van der Waals surface area (Å²) in [6, 6.07) is 5.67. The second kappa shape index (κ2) is 16.8. The van der Waals surface area contributed by atoms with Gasteiger partial charge in [-0.3, -0.25) is 9.13 Å². The van der Waals surface area contributed by atoms with E-state index in [9.17, 15) is 59.3 Å². The van der Waals surface area contributed by atoms with Gasteiger partial charge < -0.3 is 65.7 Å². The molecule has 0 saturated carbocycles. The van der Waals surface area contributed by atoms with Gasteiger partial charge in [0.05, 0.1) is 24.3 Å². The Labute approximate surface area is 262 Å². The van der Waals surface area contributed by atoms with Crippen LogP contribution in [0.15, 0.2) is 36.4 Å². The minimum atomic E-state index is -4.92. The van der Waals surface area contributed by atoms with E-state index in [0.717, 1.165) is 0 Å². The lowest BCUT2D eigenvalue weighted by atomic mass is 9.80. The van der Waals surface area contributed by atoms with Crippen LogP contribution in [-0.4, -0.2) is 94.1 Å². The second-order valence-corrected chi connectivity index (χ2v) is 14.8. The third-order valence-corrected chi connectivity index (χ3v) is 10.2. The van der Waals surface area contributed by atoms with E-state index >= 15 is 0 Å². The van der Waals surface area contributed by atoms with Crippen LogP contribution in [0.5, 0.6) is 11.5 Å². The van der Waals surface area contributed by atoms with Crippen LogP contribution in [0.1, 0.15) is 67.4 Å². The molecule has 0 radical (unpaired) electrons. The SMILES string of the molecule is CC(c1cccc(CO)c1O)[NH+](CP(=O)(O)O)C(CO)C(CO)(CCCCN)[NH+](CP(=O)(O)O)C(C)c1cccc(CO)c1O. The molecule has 0 aliphatic rings. The van der Waals surface area contributed by atoms with Gasteiger partial charge in [-0.05, 0) is 45.4 Å². The molecule has 0 saturated heterocycles. The molecule has 2 rings (SSSR count). The summed E-state index contributed by atoms with van der Waals surface area (Å²) in [5.41, 5.74) is 4.66. The highest BCUT2D eigenvalue weighted by Gasteiger charge is 2.57. The summed E-state index contributed by atoms with van der Waals surface area (Å²) in [7, 11) is -9.81. The highest BCUT2D eigenvalue weighted by atomic mass is 31.2. The van der Waals surface area contributed by atoms with Crippen LogP contribution in [0, 0.1) is 0 Å². The summed E-state index contributed by atoms with van der Waals surface area (Å²) in [5, 5.41) is 63.6. The number of hydrogen-bond donors (Lipinski definition) is 13. The number of aliphatic hydroxyl groups is 4. The van der Waals surface area contributed by atoms with E-state index in [1.165, 1.54) is 43.3 Å². The van der Waals surface area contributed by atoms with E-state index in [4.69, 9.17) is 5.73 Å². The molecule has 14 N–H and O–H groups in total. The molecule has 0 spiro atoms. The van der Waals surface area contributed by atoms with Crippen molar-refractivity contribution in [3.05, 3.63) is 58.7 Å². The molecule has 45 heavy (non-hydrogen) atoms. The number of benzene rings is 2. The van der Waals surface area contributed by atoms with Gasteiger partial charge in [0, 0.05) is 17.5 Å². The first-order chi connectivity index (χ1) is 21.0. The first-order valence-corrected chi connectivity index (χ1v) is 18.2. The van der Waals surface area contributed by atoms with Crippen LogP contribution >= 0.6 is 15.2 Å². The van der Waals surface area contributed by atoms with Crippen molar-refractivity contribution in [3.8, 4) is 11.5 Å². The van der Waals surface area contributed by atoms with Gasteiger partial charge in [-0.2, -0.15) is 0 Å². The van der Waals surface area contributed by atoms with Crippen LogP contribution in [0.2, 0.25) is 0 Å². The molecule has 6 atom stereocenters. The Morgan fingerprint density at radius 3 is 1.67 bits per heavy atom. The minimum Gasteiger partial charge on any atom is -0.507 e. The first-order valence-electron chi connectivity index (χ1n) is 14.6. The summed E-state index contributed by atoms with van der Waals surface area (Å²) in [6.45, 7) is 0.615. The molecule has 17 heteroatoms. The topological polar surface area (TPSA) is 271 Å². The number of unbranched alkanes of at least 4 members (excludes halogenated alkanes) is 1. The molecule has 2 aromatic carbocycles. The van der Waals surface area contributed by atoms with Crippen molar-refractivity contribution in [1.82, 2.24) is 0 Å². The second-order valence-electron chi connectivity index (χ2n) is 11.5. The number of nitrogens with two attached hydrogens (primary N) is 1. The predicted molar refractivity (Wildman–Crippen MR) is 164 cm³/mol. The van der Waals surface area contributed by atoms with Crippen LogP contribution < -0.4 is 15.5 Å². The summed E-state index contributed by atoms with van der Waals surface area (Å²) in [4.78, 5) is 41.0. The monoisotopic (exact) mass is 681 g/mol. The van der Waals surface area contributed by atoms with Gasteiger partial charge in [-0.15, -0.1) is 0 Å². The quantitative estimate of drug-likeness (QED) is 0.0575. The fourth-order valence-electron chi connectivity index (χ4n) is 6.38. The van der Waals surface area contributed by atoms with Crippen LogP contribution in [0.3, 0.4) is 0 Å². The molecule has 0 aromatic heterocycles. The van der Waals surface area contributed by atoms with Crippen molar-refractivity contribution in [2.75, 3.05) is 32.3 Å². The molecule has 256 valence electrons. The fourth-order valence-corrected chi connectivity index (χ4v) is 8.38. The molecular weight excluding hydrogens is 632 g/mol. The molecule has 0 aliphatic carbocycles. The standard InChI is InChI=1S/C28H47N3O12P2/c1-19(23-9-5-7-21(13-32)26(23)36)30(17-44(38,39)40)25(15-34)28(16-35,11-3-4-12-29)31(18-45(41,42)43)20(2)24-10-6-8-22(14-33)27(24)37/h5-10,19-20,25,32-37H,3-4,11-18,29H2,1-2H3,(H2,38,39,40)(H2,41,42,43)/p+2. The molecule has 15 nitrogen and oxygen atoms in total. The lowest BCUT2D eigenvalue weighted by Crippen LogP contribution is -3.30. The van der Waals surface area contributed by atoms with E-state index in [2.05, 4.69) is 0 Å². The smallest absolute Gasteiger partial charge is 0.379 e. The minimum absolute atomic E-state index is 0.00163. The third kappa shape index (κ3) is 9.78. The molecular formula is C28H49N3O12P2+2. The van der Waals surface area contributed by atoms with E-state index in [-0.39, 0.29) is 62.9 Å². The summed E-state index contributed by atoms with van der Waals surface area (Å²) in [6.07, 6.45) is -1.13. The van der Waals surface area contributed by atoms with Crippen molar-refractivity contribution in [1.29, 1.82) is 0 Å². The first kappa shape index (κ1) is 39.2. The average Bonchev–Trinajstić information content (AvgIpc) is 2.97. The van der Waals surface area contributed by atoms with E-state index < -0.39 is 77.9 Å². The Kier molecular flexibility index (Phi) is 14.6. The van der Waals surface area contributed by atoms with Crippen LogP contribution in [0.25, 0.3) is 0 Å². The predicted octanol–water partition coefficient (Wildman–Crippen LogP) is -1.83. The van der Waals surface area contributed by atoms with Gasteiger partial charge in [-0.1, -0.05) is 24.3 Å². The fraction of sp³-hybridized carbons (Fsp3) is 0.571. The van der Waals surface area contributed by atoms with E-state index in [1.807, 2.05) is 0 Å². The van der Waals surface area contributed by atoms with Crippen molar-refractivity contribution in [3.63, 3.8) is 0 Å². The number of rotatable bonds is 19. The summed E-state index contributed by atoms with van der Waals surface area (Å²) in [5.74, 6) is -0.660. The Balaban J connectivity index is 2.94. The highest BCUT2D eigenvalue weighted by molar-refractivity contribution is 7.51. The van der Waals surface area contributed by atoms with Gasteiger partial charge >= 0.3 is 15.2 Å². The number of quaternary nitrogens is 2. The van der Waals surface area contributed by atoms with E-state index in [0.29, 0.717) is 6.42 Å². The largest absolute Gasteiger partial charge is 0.507 e. The van der Waals surface area contributed by atoms with Gasteiger partial charge in [0.1, 0.15) is 36.8 Å². The van der Waals surface area contributed by atoms with Crippen molar-refractivity contribution < 1.29 is 69.1 Å². The maximum absolute atomic E-state index is 12.7. The van der Waals surface area contributed by atoms with Crippen molar-refractivity contribution in [2.45, 2.75) is 70.0 Å². The Bertz CT molecular complexity index is 1340. The maximum Gasteiger partial charge on any atom is 0.379 e. The van der Waals surface area contributed by atoms with Crippen LogP contribution in [0.4, 0.5) is 0 Å². The average molecular weight is 682 g/mol. The Hall–Kier alpha value is -1.94. The van der Waals surface area contributed by atoms with Crippen molar-refractivity contribution in [2.24, 2.45) is 5.73 Å². The molecule has 0 amide bonds. The summed E-state index contributed by atoms with van der Waals surface area (Å²) < 4.78 is 25.3. The van der Waals surface area contributed by atoms with Gasteiger partial charge in [0.2, 0.25) is 0 Å². The van der Waals surface area contributed by atoms with E-state index in [1.54, 1.807) is 6.92 Å². The number of phenols is 2. The maximum atomic E-state index is 12.7. The molecule has 2 aromatic rings. The number of hydrogen-bond acceptors (Lipinski definition) is 9. The number of aromatic hydroxyl groups is 2. The third-order valence-electron chi connectivity index (χ3n) is 8.71. The number of aliphatic hydroxyl groups excluding tert-OH is 4. The van der Waals surface area contributed by atoms with Gasteiger partial charge in [0.15, 0.2) is 24.2 Å². The van der Waals surface area contributed by atoms with Crippen molar-refractivity contribution >= 4 is 15.2 Å². The Morgan fingerprint density at radius 1 is 0.778 bits per heavy atom. The molecule has 6 unspecified atom stereocenters.